The lowest BCUT2D eigenvalue weighted by Crippen LogP contribution is -2.24. The summed E-state index contributed by atoms with van der Waals surface area (Å²) in [6, 6.07) is 0. The molecule has 90 valence electrons. The van der Waals surface area contributed by atoms with E-state index in [9.17, 15) is 9.59 Å². The highest BCUT2D eigenvalue weighted by Gasteiger charge is 2.27. The van der Waals surface area contributed by atoms with Crippen molar-refractivity contribution in [2.24, 2.45) is 5.92 Å². The zero-order valence-corrected chi connectivity index (χ0v) is 10.1. The van der Waals surface area contributed by atoms with Crippen LogP contribution in [0.15, 0.2) is 11.6 Å². The monoisotopic (exact) mass is 224 g/mol. The molecule has 1 aliphatic carbocycles. The van der Waals surface area contributed by atoms with Gasteiger partial charge in [0.2, 0.25) is 0 Å². The van der Waals surface area contributed by atoms with Crippen LogP contribution in [-0.4, -0.2) is 18.9 Å². The molecule has 0 N–H and O–H groups in total. The van der Waals surface area contributed by atoms with Crippen molar-refractivity contribution in [1.29, 1.82) is 0 Å². The van der Waals surface area contributed by atoms with Gasteiger partial charge in [-0.05, 0) is 19.3 Å². The third kappa shape index (κ3) is 3.19. The molecule has 1 aliphatic rings. The second kappa shape index (κ2) is 6.46. The van der Waals surface area contributed by atoms with Crippen molar-refractivity contribution in [3.05, 3.63) is 11.6 Å². The van der Waals surface area contributed by atoms with Crippen LogP contribution in [0.25, 0.3) is 0 Å². The molecule has 0 radical (unpaired) electrons. The fourth-order valence-corrected chi connectivity index (χ4v) is 2.18. The topological polar surface area (TPSA) is 43.4 Å². The summed E-state index contributed by atoms with van der Waals surface area (Å²) in [5.74, 6) is -0.475. The van der Waals surface area contributed by atoms with E-state index in [2.05, 4.69) is 4.74 Å². The molecule has 0 saturated heterocycles. The van der Waals surface area contributed by atoms with Crippen molar-refractivity contribution < 1.29 is 14.3 Å². The second-order valence-electron chi connectivity index (χ2n) is 4.22. The molecule has 0 aromatic rings. The van der Waals surface area contributed by atoms with Crippen molar-refractivity contribution in [1.82, 2.24) is 0 Å². The van der Waals surface area contributed by atoms with Crippen LogP contribution in [0, 0.1) is 5.92 Å². The smallest absolute Gasteiger partial charge is 0.341 e. The van der Waals surface area contributed by atoms with Gasteiger partial charge in [0.25, 0.3) is 0 Å². The van der Waals surface area contributed by atoms with E-state index in [1.54, 1.807) is 6.08 Å². The quantitative estimate of drug-likeness (QED) is 0.319. The van der Waals surface area contributed by atoms with Gasteiger partial charge in [-0.2, -0.15) is 0 Å². The van der Waals surface area contributed by atoms with Crippen molar-refractivity contribution in [3.8, 4) is 0 Å². The van der Waals surface area contributed by atoms with Gasteiger partial charge in [-0.3, -0.25) is 4.79 Å². The molecule has 1 rings (SSSR count). The first-order valence-electron chi connectivity index (χ1n) is 6.03. The van der Waals surface area contributed by atoms with Crippen LogP contribution in [0.5, 0.6) is 0 Å². The first kappa shape index (κ1) is 12.9. The van der Waals surface area contributed by atoms with E-state index in [0.717, 1.165) is 25.7 Å². The van der Waals surface area contributed by atoms with Gasteiger partial charge >= 0.3 is 5.97 Å². The van der Waals surface area contributed by atoms with Crippen LogP contribution in [0.3, 0.4) is 0 Å². The first-order valence-corrected chi connectivity index (χ1v) is 6.03. The van der Waals surface area contributed by atoms with Gasteiger partial charge in [-0.25, -0.2) is 4.79 Å². The van der Waals surface area contributed by atoms with E-state index in [1.807, 2.05) is 6.92 Å². The average molecular weight is 224 g/mol. The molecule has 0 atom stereocenters. The fraction of sp³-hybridized carbons (Fsp3) is 0.692. The Hall–Kier alpha value is -1.12. The van der Waals surface area contributed by atoms with Crippen molar-refractivity contribution >= 4 is 11.8 Å². The molecule has 1 fully saturated rings. The maximum atomic E-state index is 12.1. The highest BCUT2D eigenvalue weighted by molar-refractivity contribution is 6.18. The van der Waals surface area contributed by atoms with Gasteiger partial charge in [0, 0.05) is 5.92 Å². The third-order valence-corrected chi connectivity index (χ3v) is 3.05. The van der Waals surface area contributed by atoms with Crippen molar-refractivity contribution in [2.75, 3.05) is 7.11 Å². The van der Waals surface area contributed by atoms with Gasteiger partial charge in [0.15, 0.2) is 5.78 Å². The minimum atomic E-state index is -0.488. The second-order valence-corrected chi connectivity index (χ2v) is 4.22. The predicted octanol–water partition coefficient (Wildman–Crippen LogP) is 2.65. The summed E-state index contributed by atoms with van der Waals surface area (Å²) in [7, 11) is 1.32. The van der Waals surface area contributed by atoms with Gasteiger partial charge < -0.3 is 4.74 Å². The Morgan fingerprint density at radius 2 is 1.88 bits per heavy atom. The predicted molar refractivity (Wildman–Crippen MR) is 62.0 cm³/mol. The van der Waals surface area contributed by atoms with Crippen LogP contribution in [0.1, 0.15) is 45.4 Å². The number of allylic oxidation sites excluding steroid dienone is 1. The number of carbonyl (C=O) groups excluding carboxylic acids is 2. The van der Waals surface area contributed by atoms with Crippen LogP contribution in [0.2, 0.25) is 0 Å². The SMILES string of the molecule is CC/C=C(/C(=O)OC)C(=O)C1CCCCC1. The van der Waals surface area contributed by atoms with Crippen LogP contribution in [-0.2, 0) is 14.3 Å². The number of methoxy groups -OCH3 is 1. The molecule has 0 aliphatic heterocycles. The zero-order valence-electron chi connectivity index (χ0n) is 10.1. The molecule has 0 aromatic heterocycles. The number of rotatable bonds is 4. The zero-order chi connectivity index (χ0) is 12.0. The standard InChI is InChI=1S/C13H20O3/c1-3-7-11(13(15)16-2)12(14)10-8-5-4-6-9-10/h7,10H,3-6,8-9H2,1-2H3/b11-7+. The maximum absolute atomic E-state index is 12.1. The third-order valence-electron chi connectivity index (χ3n) is 3.05. The summed E-state index contributed by atoms with van der Waals surface area (Å²) in [6.45, 7) is 1.91. The molecule has 0 unspecified atom stereocenters. The van der Waals surface area contributed by atoms with Gasteiger partial charge in [-0.15, -0.1) is 0 Å². The van der Waals surface area contributed by atoms with E-state index in [-0.39, 0.29) is 17.3 Å². The Kier molecular flexibility index (Phi) is 5.23. The molecular weight excluding hydrogens is 204 g/mol. The highest BCUT2D eigenvalue weighted by Crippen LogP contribution is 2.27. The number of ether oxygens (including phenoxy) is 1. The summed E-state index contributed by atoms with van der Waals surface area (Å²) >= 11 is 0. The molecule has 0 bridgehead atoms. The van der Waals surface area contributed by atoms with Crippen LogP contribution >= 0.6 is 0 Å². The lowest BCUT2D eigenvalue weighted by atomic mass is 9.83. The number of Topliss-reactive ketones (excluding diaryl/α,β-unsaturated/α-hetero) is 1. The fourth-order valence-electron chi connectivity index (χ4n) is 2.18. The summed E-state index contributed by atoms with van der Waals surface area (Å²) in [4.78, 5) is 23.6. The van der Waals surface area contributed by atoms with Crippen LogP contribution < -0.4 is 0 Å². The molecule has 1 saturated carbocycles. The first-order chi connectivity index (χ1) is 7.70. The summed E-state index contributed by atoms with van der Waals surface area (Å²) < 4.78 is 4.65. The Labute approximate surface area is 96.9 Å². The number of hydrogen-bond acceptors (Lipinski definition) is 3. The molecule has 0 spiro atoms. The van der Waals surface area contributed by atoms with Gasteiger partial charge in [0.05, 0.1) is 12.7 Å². The van der Waals surface area contributed by atoms with E-state index < -0.39 is 5.97 Å². The Morgan fingerprint density at radius 1 is 1.25 bits per heavy atom. The lowest BCUT2D eigenvalue weighted by Gasteiger charge is -2.20. The van der Waals surface area contributed by atoms with Gasteiger partial charge in [0.1, 0.15) is 0 Å². The highest BCUT2D eigenvalue weighted by atomic mass is 16.5. The minimum absolute atomic E-state index is 0.0200. The Balaban J connectivity index is 2.74. The molecule has 3 heteroatoms. The number of esters is 1. The molecule has 0 heterocycles. The molecular formula is C13H20O3. The number of carbonyl (C=O) groups is 2. The van der Waals surface area contributed by atoms with Crippen molar-refractivity contribution in [3.63, 3.8) is 0 Å². The summed E-state index contributed by atoms with van der Waals surface area (Å²) in [6.07, 6.45) is 7.59. The van der Waals surface area contributed by atoms with Crippen LogP contribution in [0.4, 0.5) is 0 Å². The Morgan fingerprint density at radius 3 is 2.38 bits per heavy atom. The summed E-state index contributed by atoms with van der Waals surface area (Å²) in [5.41, 5.74) is 0.247. The lowest BCUT2D eigenvalue weighted by molar-refractivity contribution is -0.138. The average Bonchev–Trinajstić information content (AvgIpc) is 2.35. The van der Waals surface area contributed by atoms with E-state index >= 15 is 0 Å². The molecule has 0 amide bonds. The molecule has 16 heavy (non-hydrogen) atoms. The van der Waals surface area contributed by atoms with E-state index in [0.29, 0.717) is 6.42 Å². The Bertz CT molecular complexity index is 286. The van der Waals surface area contributed by atoms with Crippen molar-refractivity contribution in [2.45, 2.75) is 45.4 Å². The number of ketones is 1. The normalized spacial score (nSPS) is 18.2. The largest absolute Gasteiger partial charge is 0.465 e. The number of hydrogen-bond donors (Lipinski definition) is 0. The molecule has 3 nitrogen and oxygen atoms in total. The maximum Gasteiger partial charge on any atom is 0.341 e. The molecule has 0 aromatic carbocycles. The van der Waals surface area contributed by atoms with E-state index in [4.69, 9.17) is 0 Å². The summed E-state index contributed by atoms with van der Waals surface area (Å²) in [5, 5.41) is 0. The van der Waals surface area contributed by atoms with Gasteiger partial charge in [-0.1, -0.05) is 32.3 Å². The van der Waals surface area contributed by atoms with E-state index in [1.165, 1.54) is 13.5 Å². The minimum Gasteiger partial charge on any atom is -0.465 e.